The van der Waals surface area contributed by atoms with Crippen molar-refractivity contribution >= 4 is 46.4 Å². The van der Waals surface area contributed by atoms with Gasteiger partial charge in [-0.1, -0.05) is 25.6 Å². The Hall–Kier alpha value is -2.43. The smallest absolute Gasteiger partial charge is 0.385 e. The van der Waals surface area contributed by atoms with Gasteiger partial charge < -0.3 is 20.1 Å². The topological polar surface area (TPSA) is 145 Å². The molecule has 1 aliphatic rings. The SMILES string of the molecule is CC(=O)C(=O)O[C@H]1C(=O)NCCC(=O)NCCSC(=O)C(=O)OCC1(C)C. The van der Waals surface area contributed by atoms with Crippen LogP contribution in [-0.2, 0) is 38.2 Å². The van der Waals surface area contributed by atoms with Crippen LogP contribution in [0.3, 0.4) is 0 Å². The number of rotatable bonds is 2. The zero-order valence-corrected chi connectivity index (χ0v) is 16.1. The molecule has 0 aromatic carbocycles. The molecule has 0 bridgehead atoms. The lowest BCUT2D eigenvalue weighted by Crippen LogP contribution is -2.50. The van der Waals surface area contributed by atoms with Crippen LogP contribution in [0.15, 0.2) is 0 Å². The van der Waals surface area contributed by atoms with E-state index >= 15 is 0 Å². The van der Waals surface area contributed by atoms with E-state index in [1.54, 1.807) is 0 Å². The predicted octanol–water partition coefficient (Wildman–Crippen LogP) is -1.05. The molecule has 1 atom stereocenters. The minimum absolute atomic E-state index is 0.0271. The van der Waals surface area contributed by atoms with Crippen LogP contribution < -0.4 is 10.6 Å². The van der Waals surface area contributed by atoms with Crippen molar-refractivity contribution in [2.75, 3.05) is 25.4 Å². The molecule has 0 aromatic heterocycles. The Morgan fingerprint density at radius 1 is 1.15 bits per heavy atom. The van der Waals surface area contributed by atoms with Crippen LogP contribution >= 0.6 is 11.8 Å². The second-order valence-electron chi connectivity index (χ2n) is 6.43. The molecule has 150 valence electrons. The lowest BCUT2D eigenvalue weighted by atomic mass is 9.86. The van der Waals surface area contributed by atoms with Crippen molar-refractivity contribution in [2.45, 2.75) is 33.3 Å². The summed E-state index contributed by atoms with van der Waals surface area (Å²) in [6, 6.07) is 0. The Balaban J connectivity index is 3.02. The Kier molecular flexibility index (Phi) is 8.41. The summed E-state index contributed by atoms with van der Waals surface area (Å²) in [5, 5.41) is 4.13. The number of ether oxygens (including phenoxy) is 2. The van der Waals surface area contributed by atoms with Gasteiger partial charge >= 0.3 is 11.9 Å². The van der Waals surface area contributed by atoms with Gasteiger partial charge in [0.25, 0.3) is 11.0 Å². The second kappa shape index (κ2) is 10.0. The lowest BCUT2D eigenvalue weighted by Gasteiger charge is -2.31. The van der Waals surface area contributed by atoms with Crippen molar-refractivity contribution in [1.29, 1.82) is 0 Å². The van der Waals surface area contributed by atoms with E-state index in [4.69, 9.17) is 9.47 Å². The molecular formula is C16H22N2O8S. The number of cyclic esters (lactones) is 1. The number of hydrogen-bond acceptors (Lipinski definition) is 9. The van der Waals surface area contributed by atoms with Gasteiger partial charge in [0.15, 0.2) is 6.10 Å². The summed E-state index contributed by atoms with van der Waals surface area (Å²) in [5.41, 5.74) is -1.24. The Morgan fingerprint density at radius 2 is 1.81 bits per heavy atom. The van der Waals surface area contributed by atoms with Crippen LogP contribution in [0.4, 0.5) is 0 Å². The highest BCUT2D eigenvalue weighted by Crippen LogP contribution is 2.25. The number of carbonyl (C=O) groups excluding carboxylic acids is 6. The van der Waals surface area contributed by atoms with E-state index in [1.165, 1.54) is 13.8 Å². The fraction of sp³-hybridized carbons (Fsp3) is 0.625. The predicted molar refractivity (Wildman–Crippen MR) is 93.4 cm³/mol. The zero-order valence-electron chi connectivity index (χ0n) is 15.3. The van der Waals surface area contributed by atoms with Gasteiger partial charge in [-0.2, -0.15) is 0 Å². The van der Waals surface area contributed by atoms with Gasteiger partial charge in [-0.3, -0.25) is 19.2 Å². The Morgan fingerprint density at radius 3 is 2.44 bits per heavy atom. The fourth-order valence-corrected chi connectivity index (χ4v) is 2.58. The minimum atomic E-state index is -1.47. The van der Waals surface area contributed by atoms with Gasteiger partial charge in [0.05, 0.1) is 0 Å². The summed E-state index contributed by atoms with van der Waals surface area (Å²) in [4.78, 5) is 70.4. The van der Waals surface area contributed by atoms with E-state index in [2.05, 4.69) is 10.6 Å². The van der Waals surface area contributed by atoms with E-state index in [0.717, 1.165) is 6.92 Å². The summed E-state index contributed by atoms with van der Waals surface area (Å²) in [7, 11) is 0. The Bertz CT molecular complexity index is 646. The maximum atomic E-state index is 12.4. The van der Waals surface area contributed by atoms with Crippen molar-refractivity contribution < 1.29 is 38.2 Å². The van der Waals surface area contributed by atoms with Crippen molar-refractivity contribution in [3.63, 3.8) is 0 Å². The molecule has 1 saturated heterocycles. The maximum absolute atomic E-state index is 12.4. The number of thioether (sulfide) groups is 1. The molecule has 1 heterocycles. The quantitative estimate of drug-likeness (QED) is 0.436. The molecule has 2 N–H and O–H groups in total. The maximum Gasteiger partial charge on any atom is 0.385 e. The van der Waals surface area contributed by atoms with Gasteiger partial charge in [0.2, 0.25) is 11.7 Å². The molecule has 0 radical (unpaired) electrons. The first-order chi connectivity index (χ1) is 12.5. The normalized spacial score (nSPS) is 22.4. The highest BCUT2D eigenvalue weighted by Gasteiger charge is 2.41. The summed E-state index contributed by atoms with van der Waals surface area (Å²) in [5.74, 6) is -4.18. The van der Waals surface area contributed by atoms with Gasteiger partial charge in [0, 0.05) is 37.6 Å². The third kappa shape index (κ3) is 7.37. The van der Waals surface area contributed by atoms with Gasteiger partial charge in [-0.25, -0.2) is 9.59 Å². The van der Waals surface area contributed by atoms with E-state index in [9.17, 15) is 28.8 Å². The van der Waals surface area contributed by atoms with Gasteiger partial charge in [-0.15, -0.1) is 0 Å². The third-order valence-corrected chi connectivity index (χ3v) is 4.35. The molecule has 1 rings (SSSR count). The molecule has 0 saturated carbocycles. The van der Waals surface area contributed by atoms with Crippen molar-refractivity contribution in [3.05, 3.63) is 0 Å². The lowest BCUT2D eigenvalue weighted by molar-refractivity contribution is -0.171. The number of ketones is 1. The van der Waals surface area contributed by atoms with E-state index in [0.29, 0.717) is 11.8 Å². The summed E-state index contributed by atoms with van der Waals surface area (Å²) in [6.45, 7) is 3.67. The zero-order chi connectivity index (χ0) is 20.6. The fourth-order valence-electron chi connectivity index (χ4n) is 2.02. The van der Waals surface area contributed by atoms with Crippen LogP contribution in [0.5, 0.6) is 0 Å². The number of amides is 2. The first-order valence-electron chi connectivity index (χ1n) is 8.14. The van der Waals surface area contributed by atoms with E-state index in [1.807, 2.05) is 0 Å². The summed E-state index contributed by atoms with van der Waals surface area (Å²) in [6.07, 6.45) is -1.51. The first-order valence-corrected chi connectivity index (χ1v) is 9.13. The third-order valence-electron chi connectivity index (χ3n) is 3.51. The van der Waals surface area contributed by atoms with Crippen molar-refractivity contribution in [3.8, 4) is 0 Å². The average Bonchev–Trinajstić information content (AvgIpc) is 2.59. The van der Waals surface area contributed by atoms with Crippen LogP contribution in [0.1, 0.15) is 27.2 Å². The molecule has 27 heavy (non-hydrogen) atoms. The number of Topliss-reactive ketones (excluding diaryl/α,β-unsaturated/α-hetero) is 1. The van der Waals surface area contributed by atoms with Crippen LogP contribution in [-0.4, -0.2) is 66.2 Å². The largest absolute Gasteiger partial charge is 0.459 e. The highest BCUT2D eigenvalue weighted by molar-refractivity contribution is 8.15. The standard InChI is InChI=1S/C16H22N2O8S/c1-9(19)13(22)26-11-12(21)18-5-4-10(20)17-6-7-27-15(24)14(23)25-8-16(11,2)3/h11H,4-8H2,1-3H3,(H,17,20)(H,18,21)/t11-/m0/s1. The molecule has 1 aliphatic heterocycles. The van der Waals surface area contributed by atoms with Crippen molar-refractivity contribution in [2.24, 2.45) is 5.41 Å². The van der Waals surface area contributed by atoms with E-state index in [-0.39, 0.29) is 31.2 Å². The number of nitrogens with one attached hydrogen (secondary N) is 2. The molecule has 0 spiro atoms. The number of carbonyl (C=O) groups is 6. The minimum Gasteiger partial charge on any atom is -0.459 e. The van der Waals surface area contributed by atoms with Crippen LogP contribution in [0.25, 0.3) is 0 Å². The summed E-state index contributed by atoms with van der Waals surface area (Å²) < 4.78 is 9.91. The monoisotopic (exact) mass is 402 g/mol. The molecule has 1 fully saturated rings. The molecule has 0 aromatic rings. The first kappa shape index (κ1) is 22.6. The van der Waals surface area contributed by atoms with E-state index < -0.39 is 46.9 Å². The van der Waals surface area contributed by atoms with Crippen LogP contribution in [0, 0.1) is 5.41 Å². The second-order valence-corrected chi connectivity index (χ2v) is 7.50. The van der Waals surface area contributed by atoms with Gasteiger partial charge in [0.1, 0.15) is 6.61 Å². The number of esters is 2. The van der Waals surface area contributed by atoms with Crippen LogP contribution in [0.2, 0.25) is 0 Å². The Labute approximate surface area is 160 Å². The average molecular weight is 402 g/mol. The van der Waals surface area contributed by atoms with Gasteiger partial charge in [-0.05, 0) is 0 Å². The molecule has 11 heteroatoms. The molecule has 0 unspecified atom stereocenters. The molecule has 2 amide bonds. The molecule has 0 aliphatic carbocycles. The molecule has 10 nitrogen and oxygen atoms in total. The summed E-state index contributed by atoms with van der Waals surface area (Å²) >= 11 is 0.694. The number of hydrogen-bond donors (Lipinski definition) is 2. The van der Waals surface area contributed by atoms with Crippen molar-refractivity contribution in [1.82, 2.24) is 10.6 Å². The highest BCUT2D eigenvalue weighted by atomic mass is 32.2. The molecular weight excluding hydrogens is 380 g/mol.